The van der Waals surface area contributed by atoms with Crippen molar-refractivity contribution < 1.29 is 4.74 Å². The van der Waals surface area contributed by atoms with Crippen molar-refractivity contribution >= 4 is 15.9 Å². The summed E-state index contributed by atoms with van der Waals surface area (Å²) >= 11 is 3.46. The van der Waals surface area contributed by atoms with Gasteiger partial charge in [-0.05, 0) is 60.7 Å². The zero-order chi connectivity index (χ0) is 14.5. The van der Waals surface area contributed by atoms with Gasteiger partial charge in [0.25, 0.3) is 0 Å². The Bertz CT molecular complexity index is 561. The molecule has 1 saturated carbocycles. The minimum absolute atomic E-state index is 0.727. The van der Waals surface area contributed by atoms with Crippen molar-refractivity contribution in [1.82, 2.24) is 5.32 Å². The summed E-state index contributed by atoms with van der Waals surface area (Å²) in [5, 5.41) is 3.43. The predicted molar refractivity (Wildman–Crippen MR) is 90.7 cm³/mol. The van der Waals surface area contributed by atoms with Crippen molar-refractivity contribution in [2.24, 2.45) is 5.92 Å². The Morgan fingerprint density at radius 3 is 2.19 bits per heavy atom. The van der Waals surface area contributed by atoms with Gasteiger partial charge in [0.15, 0.2) is 0 Å². The molecule has 3 heteroatoms. The first-order valence-corrected chi connectivity index (χ1v) is 8.30. The predicted octanol–water partition coefficient (Wildman–Crippen LogP) is 4.49. The monoisotopic (exact) mass is 345 g/mol. The average molecular weight is 346 g/mol. The van der Waals surface area contributed by atoms with Crippen LogP contribution in [-0.2, 0) is 0 Å². The van der Waals surface area contributed by atoms with Crippen LogP contribution in [0.25, 0.3) is 11.1 Å². The van der Waals surface area contributed by atoms with Crippen LogP contribution in [0, 0.1) is 5.92 Å². The number of ether oxygens (including phenoxy) is 1. The molecule has 0 heterocycles. The Balaban J connectivity index is 1.47. The third-order valence-electron chi connectivity index (χ3n) is 3.71. The summed E-state index contributed by atoms with van der Waals surface area (Å²) in [5.41, 5.74) is 2.43. The molecule has 1 N–H and O–H groups in total. The maximum absolute atomic E-state index is 5.75. The Morgan fingerprint density at radius 1 is 0.952 bits per heavy atom. The number of benzene rings is 2. The van der Waals surface area contributed by atoms with Gasteiger partial charge in [-0.3, -0.25) is 0 Å². The first kappa shape index (κ1) is 14.6. The van der Waals surface area contributed by atoms with Crippen molar-refractivity contribution in [2.45, 2.75) is 12.8 Å². The zero-order valence-corrected chi connectivity index (χ0v) is 13.6. The largest absolute Gasteiger partial charge is 0.492 e. The van der Waals surface area contributed by atoms with E-state index >= 15 is 0 Å². The summed E-state index contributed by atoms with van der Waals surface area (Å²) in [6.07, 6.45) is 2.79. The van der Waals surface area contributed by atoms with E-state index in [1.54, 1.807) is 0 Å². The maximum Gasteiger partial charge on any atom is 0.119 e. The molecule has 2 aromatic rings. The SMILES string of the molecule is Brc1ccc(-c2ccc(OCCNCC3CC3)cc2)cc1. The summed E-state index contributed by atoms with van der Waals surface area (Å²) in [6.45, 7) is 2.79. The second-order valence-electron chi connectivity index (χ2n) is 5.53. The highest BCUT2D eigenvalue weighted by molar-refractivity contribution is 9.10. The molecule has 0 amide bonds. The molecule has 0 radical (unpaired) electrons. The fourth-order valence-corrected chi connectivity index (χ4v) is 2.52. The van der Waals surface area contributed by atoms with E-state index in [1.807, 2.05) is 12.1 Å². The van der Waals surface area contributed by atoms with E-state index in [-0.39, 0.29) is 0 Å². The van der Waals surface area contributed by atoms with E-state index in [0.29, 0.717) is 0 Å². The molecule has 2 aromatic carbocycles. The van der Waals surface area contributed by atoms with Crippen LogP contribution in [0.1, 0.15) is 12.8 Å². The lowest BCUT2D eigenvalue weighted by molar-refractivity contribution is 0.313. The average Bonchev–Trinajstić information content (AvgIpc) is 3.33. The maximum atomic E-state index is 5.75. The van der Waals surface area contributed by atoms with Gasteiger partial charge in [0.1, 0.15) is 12.4 Å². The Hall–Kier alpha value is -1.32. The van der Waals surface area contributed by atoms with Crippen LogP contribution in [-0.4, -0.2) is 19.7 Å². The van der Waals surface area contributed by atoms with Gasteiger partial charge in [-0.15, -0.1) is 0 Å². The van der Waals surface area contributed by atoms with Crippen molar-refractivity contribution in [2.75, 3.05) is 19.7 Å². The first-order valence-electron chi connectivity index (χ1n) is 7.51. The lowest BCUT2D eigenvalue weighted by atomic mass is 10.1. The molecule has 0 aromatic heterocycles. The van der Waals surface area contributed by atoms with Crippen LogP contribution >= 0.6 is 15.9 Å². The molecule has 1 fully saturated rings. The van der Waals surface area contributed by atoms with E-state index in [9.17, 15) is 0 Å². The number of nitrogens with one attached hydrogen (secondary N) is 1. The van der Waals surface area contributed by atoms with Crippen molar-refractivity contribution in [3.63, 3.8) is 0 Å². The van der Waals surface area contributed by atoms with Gasteiger partial charge in [-0.1, -0.05) is 40.2 Å². The summed E-state index contributed by atoms with van der Waals surface area (Å²) < 4.78 is 6.85. The third-order valence-corrected chi connectivity index (χ3v) is 4.24. The molecule has 0 unspecified atom stereocenters. The molecule has 1 aliphatic carbocycles. The normalized spacial score (nSPS) is 14.1. The fraction of sp³-hybridized carbons (Fsp3) is 0.333. The van der Waals surface area contributed by atoms with Gasteiger partial charge < -0.3 is 10.1 Å². The van der Waals surface area contributed by atoms with Crippen LogP contribution in [0.3, 0.4) is 0 Å². The van der Waals surface area contributed by atoms with E-state index in [1.165, 1.54) is 24.0 Å². The van der Waals surface area contributed by atoms with E-state index in [2.05, 4.69) is 57.6 Å². The minimum atomic E-state index is 0.727. The smallest absolute Gasteiger partial charge is 0.119 e. The molecule has 0 spiro atoms. The second-order valence-corrected chi connectivity index (χ2v) is 6.44. The molecule has 110 valence electrons. The number of halogens is 1. The Labute approximate surface area is 134 Å². The molecule has 0 atom stereocenters. The topological polar surface area (TPSA) is 21.3 Å². The molecule has 2 nitrogen and oxygen atoms in total. The van der Waals surface area contributed by atoms with Crippen LogP contribution in [0.15, 0.2) is 53.0 Å². The van der Waals surface area contributed by atoms with Gasteiger partial charge in [0.05, 0.1) is 0 Å². The third kappa shape index (κ3) is 4.58. The lowest BCUT2D eigenvalue weighted by Gasteiger charge is -2.08. The Morgan fingerprint density at radius 2 is 1.57 bits per heavy atom. The van der Waals surface area contributed by atoms with Crippen LogP contribution in [0.4, 0.5) is 0 Å². The second kappa shape index (κ2) is 7.10. The molecule has 0 aliphatic heterocycles. The summed E-state index contributed by atoms with van der Waals surface area (Å²) in [5.74, 6) is 1.86. The highest BCUT2D eigenvalue weighted by Crippen LogP contribution is 2.27. The van der Waals surface area contributed by atoms with Crippen LogP contribution in [0.5, 0.6) is 5.75 Å². The van der Waals surface area contributed by atoms with Crippen LogP contribution in [0.2, 0.25) is 0 Å². The number of hydrogen-bond donors (Lipinski definition) is 1. The van der Waals surface area contributed by atoms with E-state index in [0.717, 1.165) is 35.8 Å². The van der Waals surface area contributed by atoms with Gasteiger partial charge in [0, 0.05) is 11.0 Å². The number of rotatable bonds is 7. The van der Waals surface area contributed by atoms with Crippen molar-refractivity contribution in [3.8, 4) is 16.9 Å². The standard InChI is InChI=1S/C18H20BrNO/c19-17-7-3-15(4-8-17)16-5-9-18(10-6-16)21-12-11-20-13-14-1-2-14/h3-10,14,20H,1-2,11-13H2. The summed E-state index contributed by atoms with van der Waals surface area (Å²) in [4.78, 5) is 0. The van der Waals surface area contributed by atoms with Crippen LogP contribution < -0.4 is 10.1 Å². The van der Waals surface area contributed by atoms with Crippen molar-refractivity contribution in [3.05, 3.63) is 53.0 Å². The van der Waals surface area contributed by atoms with Gasteiger partial charge in [0.2, 0.25) is 0 Å². The summed E-state index contributed by atoms with van der Waals surface area (Å²) in [7, 11) is 0. The highest BCUT2D eigenvalue weighted by atomic mass is 79.9. The molecule has 0 bridgehead atoms. The zero-order valence-electron chi connectivity index (χ0n) is 12.0. The Kier molecular flexibility index (Phi) is 4.94. The quantitative estimate of drug-likeness (QED) is 0.746. The highest BCUT2D eigenvalue weighted by Gasteiger charge is 2.19. The number of hydrogen-bond acceptors (Lipinski definition) is 2. The molecule has 1 aliphatic rings. The van der Waals surface area contributed by atoms with E-state index < -0.39 is 0 Å². The molecular formula is C18H20BrNO. The molecule has 21 heavy (non-hydrogen) atoms. The minimum Gasteiger partial charge on any atom is -0.492 e. The van der Waals surface area contributed by atoms with Gasteiger partial charge in [-0.25, -0.2) is 0 Å². The molecule has 0 saturated heterocycles. The van der Waals surface area contributed by atoms with E-state index in [4.69, 9.17) is 4.74 Å². The lowest BCUT2D eigenvalue weighted by Crippen LogP contribution is -2.23. The van der Waals surface area contributed by atoms with Crippen molar-refractivity contribution in [1.29, 1.82) is 0 Å². The fourth-order valence-electron chi connectivity index (χ4n) is 2.26. The van der Waals surface area contributed by atoms with Gasteiger partial charge >= 0.3 is 0 Å². The summed E-state index contributed by atoms with van der Waals surface area (Å²) in [6, 6.07) is 16.6. The van der Waals surface area contributed by atoms with Gasteiger partial charge in [-0.2, -0.15) is 0 Å². The molecule has 3 rings (SSSR count). The molecular weight excluding hydrogens is 326 g/mol. The first-order chi connectivity index (χ1) is 10.3.